The maximum atomic E-state index is 12.3. The molecule has 0 aliphatic heterocycles. The Bertz CT molecular complexity index is 550. The summed E-state index contributed by atoms with van der Waals surface area (Å²) in [4.78, 5) is 10.2. The Morgan fingerprint density at radius 3 is 2.94 bits per heavy atom. The minimum absolute atomic E-state index is 0.00694. The predicted molar refractivity (Wildman–Crippen MR) is 57.1 cm³/mol. The molecule has 0 N–H and O–H groups in total. The number of nitro groups is 1. The van der Waals surface area contributed by atoms with Gasteiger partial charge in [-0.1, -0.05) is 0 Å². The first-order valence-electron chi connectivity index (χ1n) is 4.81. The number of aryl methyl sites for hydroxylation is 2. The van der Waals surface area contributed by atoms with E-state index < -0.39 is 11.6 Å². The second-order valence-corrected chi connectivity index (χ2v) is 3.46. The molecule has 2 aromatic rings. The molecule has 0 saturated heterocycles. The molecular formula is C10H10FN3O2. The molecule has 0 bridgehead atoms. The van der Waals surface area contributed by atoms with Crippen molar-refractivity contribution in [3.63, 3.8) is 0 Å². The number of nitro benzene ring substituents is 1. The Morgan fingerprint density at radius 1 is 1.56 bits per heavy atom. The predicted octanol–water partition coefficient (Wildman–Crippen LogP) is 2.22. The van der Waals surface area contributed by atoms with E-state index in [1.165, 1.54) is 16.8 Å². The first kappa shape index (κ1) is 10.5. The number of fused-ring (bicyclic) bond motifs is 1. The molecule has 1 aromatic carbocycles. The fourth-order valence-electron chi connectivity index (χ4n) is 1.69. The monoisotopic (exact) mass is 223 g/mol. The Balaban J connectivity index is 2.64. The van der Waals surface area contributed by atoms with Gasteiger partial charge in [0.05, 0.1) is 22.7 Å². The summed E-state index contributed by atoms with van der Waals surface area (Å²) >= 11 is 0. The Kier molecular flexibility index (Phi) is 2.55. The molecule has 0 fully saturated rings. The molecule has 6 heteroatoms. The summed E-state index contributed by atoms with van der Waals surface area (Å²) in [5, 5.41) is 15.6. The lowest BCUT2D eigenvalue weighted by molar-refractivity contribution is -0.384. The second kappa shape index (κ2) is 3.88. The highest BCUT2D eigenvalue weighted by Crippen LogP contribution is 2.23. The zero-order chi connectivity index (χ0) is 11.7. The molecule has 5 nitrogen and oxygen atoms in total. The number of rotatable bonds is 3. The normalized spacial score (nSPS) is 10.9. The van der Waals surface area contributed by atoms with Crippen LogP contribution in [-0.4, -0.2) is 21.4 Å². The summed E-state index contributed by atoms with van der Waals surface area (Å²) in [5.74, 6) is 0. The first-order chi connectivity index (χ1) is 7.63. The fraction of sp³-hybridized carbons (Fsp3) is 0.300. The zero-order valence-electron chi connectivity index (χ0n) is 8.68. The van der Waals surface area contributed by atoms with E-state index in [9.17, 15) is 14.5 Å². The van der Waals surface area contributed by atoms with Gasteiger partial charge in [-0.2, -0.15) is 5.10 Å². The highest BCUT2D eigenvalue weighted by molar-refractivity contribution is 5.83. The molecule has 0 aliphatic carbocycles. The number of hydrogen-bond donors (Lipinski definition) is 0. The topological polar surface area (TPSA) is 61.0 Å². The van der Waals surface area contributed by atoms with Crippen molar-refractivity contribution in [2.75, 3.05) is 6.67 Å². The van der Waals surface area contributed by atoms with E-state index in [1.807, 2.05) is 0 Å². The minimum Gasteiger partial charge on any atom is -0.262 e. The lowest BCUT2D eigenvalue weighted by Crippen LogP contribution is -2.01. The lowest BCUT2D eigenvalue weighted by Gasteiger charge is -1.98. The molecule has 16 heavy (non-hydrogen) atoms. The molecule has 0 unspecified atom stereocenters. The maximum Gasteiger partial charge on any atom is 0.271 e. The van der Waals surface area contributed by atoms with E-state index >= 15 is 0 Å². The third kappa shape index (κ3) is 1.62. The smallest absolute Gasteiger partial charge is 0.262 e. The maximum absolute atomic E-state index is 12.3. The number of nitrogens with zero attached hydrogens (tertiary/aromatic N) is 3. The minimum atomic E-state index is -0.543. The van der Waals surface area contributed by atoms with Crippen LogP contribution in [0.15, 0.2) is 18.2 Å². The molecule has 84 valence electrons. The summed E-state index contributed by atoms with van der Waals surface area (Å²) in [5.41, 5.74) is 1.34. The van der Waals surface area contributed by atoms with Crippen molar-refractivity contribution >= 4 is 16.6 Å². The number of aromatic nitrogens is 2. The number of benzene rings is 1. The molecule has 0 atom stereocenters. The van der Waals surface area contributed by atoms with Crippen molar-refractivity contribution in [2.24, 2.45) is 0 Å². The van der Waals surface area contributed by atoms with Gasteiger partial charge in [0.15, 0.2) is 0 Å². The van der Waals surface area contributed by atoms with Crippen molar-refractivity contribution in [1.82, 2.24) is 9.78 Å². The van der Waals surface area contributed by atoms with Crippen molar-refractivity contribution in [2.45, 2.75) is 13.5 Å². The highest BCUT2D eigenvalue weighted by Gasteiger charge is 2.12. The molecule has 0 aliphatic rings. The van der Waals surface area contributed by atoms with Gasteiger partial charge in [0.1, 0.15) is 6.67 Å². The number of halogens is 1. The molecule has 1 aromatic heterocycles. The largest absolute Gasteiger partial charge is 0.271 e. The van der Waals surface area contributed by atoms with Gasteiger partial charge in [-0.15, -0.1) is 0 Å². The van der Waals surface area contributed by atoms with Crippen LogP contribution in [-0.2, 0) is 6.54 Å². The van der Waals surface area contributed by atoms with Gasteiger partial charge in [-0.3, -0.25) is 14.8 Å². The SMILES string of the molecule is Cc1nn(CCF)c2cc([N+](=O)[O-])ccc12. The Hall–Kier alpha value is -1.98. The van der Waals surface area contributed by atoms with E-state index in [0.29, 0.717) is 5.52 Å². The van der Waals surface area contributed by atoms with Crippen LogP contribution < -0.4 is 0 Å². The van der Waals surface area contributed by atoms with Crippen LogP contribution >= 0.6 is 0 Å². The van der Waals surface area contributed by atoms with Gasteiger partial charge in [0.2, 0.25) is 0 Å². The number of hydrogen-bond acceptors (Lipinski definition) is 3. The molecule has 0 amide bonds. The summed E-state index contributed by atoms with van der Waals surface area (Å²) in [6.07, 6.45) is 0. The van der Waals surface area contributed by atoms with Crippen molar-refractivity contribution < 1.29 is 9.31 Å². The van der Waals surface area contributed by atoms with Crippen LogP contribution in [0.5, 0.6) is 0 Å². The molecule has 0 spiro atoms. The molecule has 0 radical (unpaired) electrons. The van der Waals surface area contributed by atoms with Gasteiger partial charge in [-0.25, -0.2) is 4.39 Å². The van der Waals surface area contributed by atoms with Gasteiger partial charge in [0, 0.05) is 17.5 Å². The average molecular weight is 223 g/mol. The van der Waals surface area contributed by atoms with E-state index in [-0.39, 0.29) is 12.2 Å². The summed E-state index contributed by atoms with van der Waals surface area (Å²) in [6, 6.07) is 4.49. The van der Waals surface area contributed by atoms with Gasteiger partial charge in [-0.05, 0) is 13.0 Å². The van der Waals surface area contributed by atoms with Crippen LogP contribution in [0.1, 0.15) is 5.69 Å². The third-order valence-corrected chi connectivity index (χ3v) is 2.43. The Labute approximate surface area is 90.6 Å². The zero-order valence-corrected chi connectivity index (χ0v) is 8.68. The van der Waals surface area contributed by atoms with E-state index in [4.69, 9.17) is 0 Å². The molecule has 0 saturated carbocycles. The second-order valence-electron chi connectivity index (χ2n) is 3.46. The molecule has 2 rings (SSSR count). The molecular weight excluding hydrogens is 213 g/mol. The van der Waals surface area contributed by atoms with Crippen LogP contribution in [0, 0.1) is 17.0 Å². The van der Waals surface area contributed by atoms with E-state index in [2.05, 4.69) is 5.10 Å². The number of non-ortho nitro benzene ring substituents is 1. The van der Waals surface area contributed by atoms with Crippen molar-refractivity contribution in [3.8, 4) is 0 Å². The van der Waals surface area contributed by atoms with Crippen molar-refractivity contribution in [1.29, 1.82) is 0 Å². The highest BCUT2D eigenvalue weighted by atomic mass is 19.1. The number of alkyl halides is 1. The Morgan fingerprint density at radius 2 is 2.31 bits per heavy atom. The van der Waals surface area contributed by atoms with E-state index in [1.54, 1.807) is 13.0 Å². The van der Waals surface area contributed by atoms with Crippen LogP contribution in [0.3, 0.4) is 0 Å². The standard InChI is InChI=1S/C10H10FN3O2/c1-7-9-3-2-8(14(15)16)6-10(9)13(12-7)5-4-11/h2-3,6H,4-5H2,1H3. The van der Waals surface area contributed by atoms with E-state index in [0.717, 1.165) is 11.1 Å². The van der Waals surface area contributed by atoms with Crippen LogP contribution in [0.4, 0.5) is 10.1 Å². The van der Waals surface area contributed by atoms with Gasteiger partial charge < -0.3 is 0 Å². The fourth-order valence-corrected chi connectivity index (χ4v) is 1.69. The quantitative estimate of drug-likeness (QED) is 0.592. The molecule has 1 heterocycles. The van der Waals surface area contributed by atoms with Crippen molar-refractivity contribution in [3.05, 3.63) is 34.0 Å². The third-order valence-electron chi connectivity index (χ3n) is 2.43. The summed E-state index contributed by atoms with van der Waals surface area (Å²) in [7, 11) is 0. The summed E-state index contributed by atoms with van der Waals surface area (Å²) < 4.78 is 13.7. The van der Waals surface area contributed by atoms with Gasteiger partial charge >= 0.3 is 0 Å². The average Bonchev–Trinajstić information content (AvgIpc) is 2.56. The first-order valence-corrected chi connectivity index (χ1v) is 4.81. The van der Waals surface area contributed by atoms with Crippen LogP contribution in [0.2, 0.25) is 0 Å². The van der Waals surface area contributed by atoms with Crippen LogP contribution in [0.25, 0.3) is 10.9 Å². The lowest BCUT2D eigenvalue weighted by atomic mass is 10.2. The van der Waals surface area contributed by atoms with Gasteiger partial charge in [0.25, 0.3) is 5.69 Å². The summed E-state index contributed by atoms with van der Waals surface area (Å²) in [6.45, 7) is 1.37.